The minimum atomic E-state index is -0.435. The summed E-state index contributed by atoms with van der Waals surface area (Å²) in [6.45, 7) is 1.88. The maximum Gasteiger partial charge on any atom is 0.269 e. The van der Waals surface area contributed by atoms with Gasteiger partial charge >= 0.3 is 0 Å². The van der Waals surface area contributed by atoms with Gasteiger partial charge in [0.25, 0.3) is 5.69 Å². The highest BCUT2D eigenvalue weighted by Gasteiger charge is 2.06. The Morgan fingerprint density at radius 1 is 1.35 bits per heavy atom. The number of non-ortho nitro benzene ring substituents is 1. The van der Waals surface area contributed by atoms with Crippen LogP contribution >= 0.6 is 12.2 Å². The van der Waals surface area contributed by atoms with Crippen LogP contribution in [0, 0.1) is 21.7 Å². The number of aromatic nitrogens is 2. The van der Waals surface area contributed by atoms with Crippen molar-refractivity contribution in [3.63, 3.8) is 0 Å². The number of hydrogen-bond donors (Lipinski definition) is 1. The molecule has 0 saturated heterocycles. The second-order valence-electron chi connectivity index (χ2n) is 3.55. The van der Waals surface area contributed by atoms with Crippen LogP contribution in [0.2, 0.25) is 0 Å². The van der Waals surface area contributed by atoms with Crippen molar-refractivity contribution in [3.05, 3.63) is 50.8 Å². The number of aryl methyl sites for hydroxylation is 1. The second kappa shape index (κ2) is 4.42. The zero-order valence-corrected chi connectivity index (χ0v) is 9.82. The third-order valence-electron chi connectivity index (χ3n) is 2.23. The van der Waals surface area contributed by atoms with Gasteiger partial charge in [0, 0.05) is 23.4 Å². The zero-order valence-electron chi connectivity index (χ0n) is 9.01. The number of benzene rings is 1. The van der Waals surface area contributed by atoms with E-state index in [1.807, 2.05) is 6.92 Å². The van der Waals surface area contributed by atoms with Crippen LogP contribution < -0.4 is 0 Å². The average Bonchev–Trinajstić information content (AvgIpc) is 2.28. The summed E-state index contributed by atoms with van der Waals surface area (Å²) in [4.78, 5) is 17.3. The van der Waals surface area contributed by atoms with Crippen LogP contribution in [0.4, 0.5) is 5.69 Å². The Hall–Kier alpha value is -2.08. The highest BCUT2D eigenvalue weighted by atomic mass is 32.1. The quantitative estimate of drug-likeness (QED) is 0.503. The van der Waals surface area contributed by atoms with Gasteiger partial charge in [-0.1, -0.05) is 12.2 Å². The van der Waals surface area contributed by atoms with Gasteiger partial charge in [0.2, 0.25) is 0 Å². The van der Waals surface area contributed by atoms with E-state index in [4.69, 9.17) is 12.2 Å². The molecule has 1 N–H and O–H groups in total. The first-order valence-corrected chi connectivity index (χ1v) is 5.30. The third-order valence-corrected chi connectivity index (χ3v) is 2.44. The van der Waals surface area contributed by atoms with Gasteiger partial charge in [0.15, 0.2) is 0 Å². The Kier molecular flexibility index (Phi) is 2.97. The molecule has 0 saturated carbocycles. The van der Waals surface area contributed by atoms with E-state index in [-0.39, 0.29) is 5.69 Å². The molecule has 1 heterocycles. The lowest BCUT2D eigenvalue weighted by Gasteiger charge is -2.02. The van der Waals surface area contributed by atoms with Crippen LogP contribution in [0.1, 0.15) is 5.69 Å². The molecular weight excluding hydrogens is 238 g/mol. The minimum absolute atomic E-state index is 0.0556. The Morgan fingerprint density at radius 2 is 2.00 bits per heavy atom. The third kappa shape index (κ3) is 2.54. The van der Waals surface area contributed by atoms with Crippen LogP contribution in [-0.2, 0) is 0 Å². The van der Waals surface area contributed by atoms with E-state index in [2.05, 4.69) is 9.97 Å². The molecule has 17 heavy (non-hydrogen) atoms. The monoisotopic (exact) mass is 247 g/mol. The van der Waals surface area contributed by atoms with E-state index >= 15 is 0 Å². The van der Waals surface area contributed by atoms with Crippen molar-refractivity contribution in [3.8, 4) is 11.4 Å². The maximum atomic E-state index is 10.5. The van der Waals surface area contributed by atoms with E-state index in [0.717, 1.165) is 11.3 Å². The molecule has 5 nitrogen and oxygen atoms in total. The summed E-state index contributed by atoms with van der Waals surface area (Å²) in [6.07, 6.45) is 0. The number of H-pyrrole nitrogens is 1. The summed E-state index contributed by atoms with van der Waals surface area (Å²) in [7, 11) is 0. The summed E-state index contributed by atoms with van der Waals surface area (Å²) < 4.78 is 0.495. The molecule has 1 aromatic carbocycles. The lowest BCUT2D eigenvalue weighted by Crippen LogP contribution is -1.93. The zero-order chi connectivity index (χ0) is 12.4. The molecule has 1 aromatic heterocycles. The smallest absolute Gasteiger partial charge is 0.269 e. The fourth-order valence-electron chi connectivity index (χ4n) is 1.46. The molecule has 0 spiro atoms. The SMILES string of the molecule is Cc1cc(=S)nc(-c2ccc([N+](=O)[O-])cc2)[nH]1. The lowest BCUT2D eigenvalue weighted by molar-refractivity contribution is -0.384. The molecule has 2 aromatic rings. The van der Waals surface area contributed by atoms with Crippen molar-refractivity contribution >= 4 is 17.9 Å². The van der Waals surface area contributed by atoms with Gasteiger partial charge < -0.3 is 4.98 Å². The fourth-order valence-corrected chi connectivity index (χ4v) is 1.72. The molecule has 86 valence electrons. The van der Waals surface area contributed by atoms with Crippen molar-refractivity contribution in [1.82, 2.24) is 9.97 Å². The summed E-state index contributed by atoms with van der Waals surface area (Å²) in [6, 6.07) is 7.92. The molecule has 0 aliphatic heterocycles. The summed E-state index contributed by atoms with van der Waals surface area (Å²) in [5.74, 6) is 0.616. The number of nitrogens with one attached hydrogen (secondary N) is 1. The normalized spacial score (nSPS) is 10.2. The molecule has 6 heteroatoms. The van der Waals surface area contributed by atoms with E-state index in [0.29, 0.717) is 10.5 Å². The Morgan fingerprint density at radius 3 is 2.53 bits per heavy atom. The van der Waals surface area contributed by atoms with E-state index in [1.165, 1.54) is 12.1 Å². The second-order valence-corrected chi connectivity index (χ2v) is 3.97. The predicted octanol–water partition coefficient (Wildman–Crippen LogP) is 3.02. The Labute approximate surface area is 102 Å². The standard InChI is InChI=1S/C11H9N3O2S/c1-7-6-10(17)13-11(12-7)8-2-4-9(5-3-8)14(15)16/h2-6H,1H3,(H,12,13,17). The van der Waals surface area contributed by atoms with Crippen LogP contribution in [-0.4, -0.2) is 14.9 Å². The summed E-state index contributed by atoms with van der Waals surface area (Å²) >= 11 is 5.02. The molecule has 0 fully saturated rings. The molecule has 0 aliphatic carbocycles. The van der Waals surface area contributed by atoms with Gasteiger partial charge in [0.05, 0.1) is 4.92 Å². The number of aromatic amines is 1. The molecule has 0 bridgehead atoms. The van der Waals surface area contributed by atoms with Gasteiger partial charge in [-0.05, 0) is 25.1 Å². The molecular formula is C11H9N3O2S. The van der Waals surface area contributed by atoms with Crippen molar-refractivity contribution in [2.75, 3.05) is 0 Å². The number of nitro benzene ring substituents is 1. The number of nitrogens with zero attached hydrogens (tertiary/aromatic N) is 2. The van der Waals surface area contributed by atoms with E-state index in [9.17, 15) is 10.1 Å². The first-order valence-electron chi connectivity index (χ1n) is 4.89. The topological polar surface area (TPSA) is 71.8 Å². The first-order chi connectivity index (χ1) is 8.06. The molecule has 0 radical (unpaired) electrons. The van der Waals surface area contributed by atoms with Crippen LogP contribution in [0.15, 0.2) is 30.3 Å². The highest BCUT2D eigenvalue weighted by molar-refractivity contribution is 7.71. The van der Waals surface area contributed by atoms with Gasteiger partial charge in [-0.25, -0.2) is 4.98 Å². The molecule has 0 aliphatic rings. The average molecular weight is 247 g/mol. The van der Waals surface area contributed by atoms with Crippen LogP contribution in [0.25, 0.3) is 11.4 Å². The molecule has 0 amide bonds. The van der Waals surface area contributed by atoms with Crippen LogP contribution in [0.3, 0.4) is 0 Å². The lowest BCUT2D eigenvalue weighted by atomic mass is 10.2. The van der Waals surface area contributed by atoms with E-state index in [1.54, 1.807) is 18.2 Å². The predicted molar refractivity (Wildman–Crippen MR) is 66.2 cm³/mol. The van der Waals surface area contributed by atoms with Gasteiger partial charge in [0.1, 0.15) is 10.5 Å². The first kappa shape index (κ1) is 11.4. The molecule has 0 atom stereocenters. The van der Waals surface area contributed by atoms with Gasteiger partial charge in [-0.15, -0.1) is 0 Å². The summed E-state index contributed by atoms with van der Waals surface area (Å²) in [5.41, 5.74) is 1.73. The summed E-state index contributed by atoms with van der Waals surface area (Å²) in [5, 5.41) is 10.5. The van der Waals surface area contributed by atoms with Gasteiger partial charge in [-0.3, -0.25) is 10.1 Å². The van der Waals surface area contributed by atoms with Crippen molar-refractivity contribution < 1.29 is 4.92 Å². The van der Waals surface area contributed by atoms with E-state index < -0.39 is 4.92 Å². The van der Waals surface area contributed by atoms with Crippen molar-refractivity contribution in [2.45, 2.75) is 6.92 Å². The van der Waals surface area contributed by atoms with Crippen molar-refractivity contribution in [2.24, 2.45) is 0 Å². The van der Waals surface area contributed by atoms with Crippen molar-refractivity contribution in [1.29, 1.82) is 0 Å². The number of rotatable bonds is 2. The van der Waals surface area contributed by atoms with Gasteiger partial charge in [-0.2, -0.15) is 0 Å². The maximum absolute atomic E-state index is 10.5. The number of hydrogen-bond acceptors (Lipinski definition) is 4. The molecule has 2 rings (SSSR count). The fraction of sp³-hybridized carbons (Fsp3) is 0.0909. The largest absolute Gasteiger partial charge is 0.343 e. The highest BCUT2D eigenvalue weighted by Crippen LogP contribution is 2.19. The minimum Gasteiger partial charge on any atom is -0.343 e. The van der Waals surface area contributed by atoms with Crippen LogP contribution in [0.5, 0.6) is 0 Å². The molecule has 0 unspecified atom stereocenters. The Bertz CT molecular complexity index is 619. The Balaban J connectivity index is 2.46. The number of nitro groups is 1.